The van der Waals surface area contributed by atoms with Crippen molar-refractivity contribution < 1.29 is 9.53 Å². The van der Waals surface area contributed by atoms with Crippen LogP contribution in [0.5, 0.6) is 5.75 Å². The highest BCUT2D eigenvalue weighted by molar-refractivity contribution is 6.42. The lowest BCUT2D eigenvalue weighted by molar-refractivity contribution is -0.121. The number of likely N-dealkylation sites (tertiary alicyclic amines) is 1. The van der Waals surface area contributed by atoms with Crippen molar-refractivity contribution in [2.45, 2.75) is 25.8 Å². The second-order valence-corrected chi connectivity index (χ2v) is 9.31. The summed E-state index contributed by atoms with van der Waals surface area (Å²) in [6.45, 7) is 3.36. The van der Waals surface area contributed by atoms with Crippen molar-refractivity contribution in [1.82, 2.24) is 20.2 Å². The van der Waals surface area contributed by atoms with Crippen LogP contribution in [0.25, 0.3) is 11.1 Å². The number of nitrogens with zero attached hydrogens (tertiary/aromatic N) is 3. The van der Waals surface area contributed by atoms with Gasteiger partial charge in [-0.25, -0.2) is 9.97 Å². The maximum atomic E-state index is 12.4. The molecule has 1 fully saturated rings. The molecule has 1 aliphatic rings. The number of rotatable bonds is 9. The van der Waals surface area contributed by atoms with Gasteiger partial charge in [-0.2, -0.15) is 0 Å². The van der Waals surface area contributed by atoms with Crippen LogP contribution in [0.2, 0.25) is 10.0 Å². The van der Waals surface area contributed by atoms with E-state index in [1.165, 1.54) is 0 Å². The Morgan fingerprint density at radius 1 is 1.12 bits per heavy atom. The van der Waals surface area contributed by atoms with Crippen LogP contribution in [-0.4, -0.2) is 47.5 Å². The Kier molecular flexibility index (Phi) is 8.38. The van der Waals surface area contributed by atoms with Crippen molar-refractivity contribution in [3.05, 3.63) is 76.3 Å². The molecule has 1 aromatic heterocycles. The lowest BCUT2D eigenvalue weighted by Crippen LogP contribution is -2.31. The maximum absolute atomic E-state index is 12.4. The molecule has 1 atom stereocenters. The molecular weight excluding hydrogens is 471 g/mol. The molecule has 2 heterocycles. The summed E-state index contributed by atoms with van der Waals surface area (Å²) >= 11 is 12.4. The summed E-state index contributed by atoms with van der Waals surface area (Å²) in [5, 5.41) is 4.28. The van der Waals surface area contributed by atoms with Gasteiger partial charge in [0.2, 0.25) is 5.91 Å². The van der Waals surface area contributed by atoms with E-state index in [0.29, 0.717) is 41.2 Å². The summed E-state index contributed by atoms with van der Waals surface area (Å²) in [4.78, 5) is 23.5. The molecule has 2 aromatic carbocycles. The fraction of sp³-hybridized carbons (Fsp3) is 0.346. The molecule has 0 aliphatic carbocycles. The zero-order valence-corrected chi connectivity index (χ0v) is 20.6. The molecule has 178 valence electrons. The summed E-state index contributed by atoms with van der Waals surface area (Å²) in [5.74, 6) is 1.93. The summed E-state index contributed by atoms with van der Waals surface area (Å²) in [7, 11) is 1.64. The highest BCUT2D eigenvalue weighted by atomic mass is 35.5. The van der Waals surface area contributed by atoms with Crippen LogP contribution >= 0.6 is 23.2 Å². The summed E-state index contributed by atoms with van der Waals surface area (Å²) < 4.78 is 5.19. The van der Waals surface area contributed by atoms with Crippen LogP contribution in [0.1, 0.15) is 24.2 Å². The smallest absolute Gasteiger partial charge is 0.220 e. The van der Waals surface area contributed by atoms with Gasteiger partial charge in [-0.1, -0.05) is 47.5 Å². The molecule has 1 unspecified atom stereocenters. The predicted octanol–water partition coefficient (Wildman–Crippen LogP) is 5.03. The first-order chi connectivity index (χ1) is 16.5. The number of benzene rings is 2. The fourth-order valence-corrected chi connectivity index (χ4v) is 4.50. The monoisotopic (exact) mass is 498 g/mol. The van der Waals surface area contributed by atoms with E-state index >= 15 is 0 Å². The summed E-state index contributed by atoms with van der Waals surface area (Å²) in [6.07, 6.45) is 5.52. The molecule has 4 rings (SSSR count). The van der Waals surface area contributed by atoms with E-state index in [9.17, 15) is 4.79 Å². The lowest BCUT2D eigenvalue weighted by Gasteiger charge is -2.17. The second kappa shape index (κ2) is 11.6. The van der Waals surface area contributed by atoms with Gasteiger partial charge < -0.3 is 10.1 Å². The van der Waals surface area contributed by atoms with Gasteiger partial charge in [0.25, 0.3) is 0 Å². The van der Waals surface area contributed by atoms with Gasteiger partial charge in [-0.3, -0.25) is 9.69 Å². The molecule has 1 aliphatic heterocycles. The first kappa shape index (κ1) is 24.5. The zero-order valence-electron chi connectivity index (χ0n) is 19.1. The largest absolute Gasteiger partial charge is 0.497 e. The van der Waals surface area contributed by atoms with Crippen LogP contribution in [0.3, 0.4) is 0 Å². The van der Waals surface area contributed by atoms with Gasteiger partial charge in [0.1, 0.15) is 11.6 Å². The van der Waals surface area contributed by atoms with Gasteiger partial charge >= 0.3 is 0 Å². The average Bonchev–Trinajstić information content (AvgIpc) is 3.32. The van der Waals surface area contributed by atoms with Gasteiger partial charge in [0.15, 0.2) is 0 Å². The van der Waals surface area contributed by atoms with Gasteiger partial charge in [0, 0.05) is 50.4 Å². The maximum Gasteiger partial charge on any atom is 0.220 e. The van der Waals surface area contributed by atoms with E-state index < -0.39 is 0 Å². The lowest BCUT2D eigenvalue weighted by atomic mass is 10.1. The Bertz CT molecular complexity index is 1110. The highest BCUT2D eigenvalue weighted by Gasteiger charge is 2.23. The third kappa shape index (κ3) is 6.47. The number of halogens is 2. The molecule has 1 amide bonds. The van der Waals surface area contributed by atoms with Crippen molar-refractivity contribution in [3.8, 4) is 16.9 Å². The minimum absolute atomic E-state index is 0.0270. The zero-order chi connectivity index (χ0) is 23.9. The Morgan fingerprint density at radius 2 is 1.88 bits per heavy atom. The van der Waals surface area contributed by atoms with E-state index in [1.807, 2.05) is 36.4 Å². The minimum Gasteiger partial charge on any atom is -0.497 e. The topological polar surface area (TPSA) is 67.3 Å². The van der Waals surface area contributed by atoms with E-state index in [4.69, 9.17) is 27.9 Å². The minimum atomic E-state index is 0.0270. The molecule has 6 nitrogen and oxygen atoms in total. The Morgan fingerprint density at radius 3 is 2.62 bits per heavy atom. The summed E-state index contributed by atoms with van der Waals surface area (Å²) in [6, 6.07) is 13.5. The van der Waals surface area contributed by atoms with Crippen molar-refractivity contribution in [3.63, 3.8) is 0 Å². The number of hydrogen-bond donors (Lipinski definition) is 1. The number of carbonyl (C=O) groups excluding carboxylic acids is 1. The first-order valence-corrected chi connectivity index (χ1v) is 12.1. The number of hydrogen-bond acceptors (Lipinski definition) is 5. The molecule has 1 saturated heterocycles. The Hall–Kier alpha value is -2.67. The van der Waals surface area contributed by atoms with Crippen LogP contribution in [-0.2, 0) is 17.8 Å². The fourth-order valence-electron chi connectivity index (χ4n) is 4.12. The summed E-state index contributed by atoms with van der Waals surface area (Å²) in [5.41, 5.74) is 2.99. The van der Waals surface area contributed by atoms with E-state index in [1.54, 1.807) is 25.6 Å². The molecule has 0 saturated carbocycles. The van der Waals surface area contributed by atoms with Gasteiger partial charge in [-0.05, 0) is 48.2 Å². The number of ether oxygens (including phenoxy) is 1. The molecule has 8 heteroatoms. The molecule has 0 radical (unpaired) electrons. The van der Waals surface area contributed by atoms with Gasteiger partial charge in [-0.15, -0.1) is 0 Å². The number of amides is 1. The van der Waals surface area contributed by atoms with Crippen LogP contribution in [0.4, 0.5) is 0 Å². The van der Waals surface area contributed by atoms with Crippen molar-refractivity contribution >= 4 is 29.1 Å². The quantitative estimate of drug-likeness (QED) is 0.448. The van der Waals surface area contributed by atoms with Gasteiger partial charge in [0.05, 0.1) is 17.2 Å². The third-order valence-corrected chi connectivity index (χ3v) is 6.95. The average molecular weight is 499 g/mol. The van der Waals surface area contributed by atoms with Crippen LogP contribution in [0.15, 0.2) is 54.9 Å². The van der Waals surface area contributed by atoms with Crippen molar-refractivity contribution in [2.75, 3.05) is 26.7 Å². The van der Waals surface area contributed by atoms with E-state index in [0.717, 1.165) is 48.5 Å². The number of aryl methyl sites for hydroxylation is 1. The Balaban J connectivity index is 1.18. The van der Waals surface area contributed by atoms with Crippen molar-refractivity contribution in [2.24, 2.45) is 5.92 Å². The highest BCUT2D eigenvalue weighted by Crippen LogP contribution is 2.28. The number of carbonyl (C=O) groups is 1. The molecule has 0 bridgehead atoms. The number of nitrogens with one attached hydrogen (secondary N) is 1. The molecular formula is C26H28Cl2N4O2. The van der Waals surface area contributed by atoms with Crippen molar-refractivity contribution in [1.29, 1.82) is 0 Å². The predicted molar refractivity (Wildman–Crippen MR) is 135 cm³/mol. The number of methoxy groups -OCH3 is 1. The first-order valence-electron chi connectivity index (χ1n) is 11.4. The molecule has 34 heavy (non-hydrogen) atoms. The van der Waals surface area contributed by atoms with Crippen LogP contribution in [0, 0.1) is 5.92 Å². The molecule has 3 aromatic rings. The normalized spacial score (nSPS) is 15.9. The third-order valence-electron chi connectivity index (χ3n) is 6.09. The second-order valence-electron chi connectivity index (χ2n) is 8.52. The van der Waals surface area contributed by atoms with E-state index in [-0.39, 0.29) is 5.91 Å². The van der Waals surface area contributed by atoms with Crippen LogP contribution < -0.4 is 10.1 Å². The van der Waals surface area contributed by atoms with E-state index in [2.05, 4.69) is 20.2 Å². The SMILES string of the molecule is COc1ccc(-c2cnc(CCC(=O)NCC3CCN(Cc4cccc(Cl)c4Cl)C3)nc2)cc1. The standard InChI is InChI=1S/C26H28Cl2N4O2/c1-34-22-7-5-19(6-8-22)21-14-29-24(30-15-21)9-10-25(33)31-13-18-11-12-32(16-18)17-20-3-2-4-23(27)26(20)28/h2-8,14-15,18H,9-13,16-17H2,1H3,(H,31,33). The molecule has 1 N–H and O–H groups in total. The molecule has 0 spiro atoms. The number of aromatic nitrogens is 2. The Labute approximate surface area is 210 Å².